The molecule has 0 aliphatic carbocycles. The van der Waals surface area contributed by atoms with Gasteiger partial charge in [-0.05, 0) is 35.9 Å². The average Bonchev–Trinajstić information content (AvgIpc) is 2.74. The van der Waals surface area contributed by atoms with Gasteiger partial charge in [-0.15, -0.1) is 0 Å². The van der Waals surface area contributed by atoms with Gasteiger partial charge in [-0.25, -0.2) is 9.59 Å². The van der Waals surface area contributed by atoms with E-state index >= 15 is 0 Å². The molecular formula is C22H15Br3O4. The van der Waals surface area contributed by atoms with Gasteiger partial charge in [-0.1, -0.05) is 84.2 Å². The Morgan fingerprint density at radius 1 is 0.793 bits per heavy atom. The summed E-state index contributed by atoms with van der Waals surface area (Å²) in [5.74, 6) is -0.401. The number of benzene rings is 3. The third kappa shape index (κ3) is 5.56. The van der Waals surface area contributed by atoms with Crippen molar-refractivity contribution in [3.8, 4) is 11.5 Å². The van der Waals surface area contributed by atoms with Crippen LogP contribution in [0.3, 0.4) is 0 Å². The fourth-order valence-corrected chi connectivity index (χ4v) is 4.02. The maximum atomic E-state index is 12.5. The van der Waals surface area contributed by atoms with Gasteiger partial charge in [-0.3, -0.25) is 0 Å². The van der Waals surface area contributed by atoms with Crippen LogP contribution in [0.4, 0.5) is 0 Å². The quantitative estimate of drug-likeness (QED) is 0.182. The maximum absolute atomic E-state index is 12.5. The molecule has 0 aliphatic rings. The second kappa shape index (κ2) is 10.2. The minimum absolute atomic E-state index is 0.230. The zero-order valence-electron chi connectivity index (χ0n) is 15.0. The molecule has 0 amide bonds. The van der Waals surface area contributed by atoms with Crippen molar-refractivity contribution in [2.24, 2.45) is 0 Å². The molecule has 0 spiro atoms. The van der Waals surface area contributed by atoms with Gasteiger partial charge in [0.25, 0.3) is 0 Å². The molecule has 0 saturated heterocycles. The van der Waals surface area contributed by atoms with Crippen molar-refractivity contribution in [2.75, 3.05) is 0 Å². The van der Waals surface area contributed by atoms with Gasteiger partial charge in [0.1, 0.15) is 11.5 Å². The van der Waals surface area contributed by atoms with E-state index in [9.17, 15) is 9.59 Å². The second-order valence-corrected chi connectivity index (χ2v) is 9.56. The van der Waals surface area contributed by atoms with Crippen molar-refractivity contribution in [3.63, 3.8) is 0 Å². The van der Waals surface area contributed by atoms with Crippen molar-refractivity contribution < 1.29 is 19.1 Å². The molecule has 0 aliphatic heterocycles. The number of hydrogen-bond acceptors (Lipinski definition) is 4. The molecule has 0 heterocycles. The lowest BCUT2D eigenvalue weighted by molar-refractivity contribution is 0.0731. The van der Waals surface area contributed by atoms with Crippen LogP contribution >= 0.6 is 47.8 Å². The maximum Gasteiger partial charge on any atom is 0.343 e. The van der Waals surface area contributed by atoms with Crippen molar-refractivity contribution in [1.82, 2.24) is 0 Å². The van der Waals surface area contributed by atoms with Gasteiger partial charge in [0.05, 0.1) is 14.9 Å². The summed E-state index contributed by atoms with van der Waals surface area (Å²) >= 11 is 10.4. The highest BCUT2D eigenvalue weighted by molar-refractivity contribution is 9.24. The smallest absolute Gasteiger partial charge is 0.343 e. The fourth-order valence-electron chi connectivity index (χ4n) is 2.60. The molecule has 148 valence electrons. The van der Waals surface area contributed by atoms with E-state index in [4.69, 9.17) is 9.47 Å². The number of rotatable bonds is 6. The zero-order valence-corrected chi connectivity index (χ0v) is 19.7. The van der Waals surface area contributed by atoms with Gasteiger partial charge < -0.3 is 9.47 Å². The molecule has 0 radical (unpaired) electrons. The number of carbonyl (C=O) groups is 2. The summed E-state index contributed by atoms with van der Waals surface area (Å²) in [6.07, 6.45) is 0. The Kier molecular flexibility index (Phi) is 7.64. The predicted octanol–water partition coefficient (Wildman–Crippen LogP) is 6.81. The van der Waals surface area contributed by atoms with Crippen molar-refractivity contribution in [1.29, 1.82) is 0 Å². The number of ether oxygens (including phenoxy) is 2. The second-order valence-electron chi connectivity index (χ2n) is 5.93. The topological polar surface area (TPSA) is 52.6 Å². The van der Waals surface area contributed by atoms with Crippen LogP contribution < -0.4 is 9.47 Å². The third-order valence-electron chi connectivity index (χ3n) is 4.02. The summed E-state index contributed by atoms with van der Waals surface area (Å²) < 4.78 is 10.9. The van der Waals surface area contributed by atoms with E-state index in [1.165, 1.54) is 0 Å². The van der Waals surface area contributed by atoms with Crippen LogP contribution in [0.15, 0.2) is 72.8 Å². The Morgan fingerprint density at radius 2 is 1.31 bits per heavy atom. The van der Waals surface area contributed by atoms with Crippen molar-refractivity contribution in [3.05, 3.63) is 95.1 Å². The van der Waals surface area contributed by atoms with E-state index in [-0.39, 0.29) is 9.49 Å². The molecule has 0 fully saturated rings. The molecule has 0 bridgehead atoms. The number of hydrogen-bond donors (Lipinski definition) is 0. The van der Waals surface area contributed by atoms with Crippen LogP contribution in [0.1, 0.15) is 35.6 Å². The van der Waals surface area contributed by atoms with E-state index in [1.54, 1.807) is 60.7 Å². The molecule has 0 N–H and O–H groups in total. The largest absolute Gasteiger partial charge is 0.423 e. The normalized spacial score (nSPS) is 10.6. The highest BCUT2D eigenvalue weighted by atomic mass is 79.9. The first-order valence-electron chi connectivity index (χ1n) is 8.55. The van der Waals surface area contributed by atoms with Crippen LogP contribution in [0.2, 0.25) is 0 Å². The van der Waals surface area contributed by atoms with Gasteiger partial charge in [0, 0.05) is 17.0 Å². The van der Waals surface area contributed by atoms with Crippen LogP contribution in [0, 0.1) is 0 Å². The highest BCUT2D eigenvalue weighted by Gasteiger charge is 2.20. The van der Waals surface area contributed by atoms with E-state index in [2.05, 4.69) is 47.8 Å². The summed E-state index contributed by atoms with van der Waals surface area (Å²) in [7, 11) is 0. The molecule has 0 saturated carbocycles. The average molecular weight is 583 g/mol. The fraction of sp³-hybridized carbons (Fsp3) is 0.0909. The van der Waals surface area contributed by atoms with Crippen LogP contribution in [-0.4, -0.2) is 11.9 Å². The van der Waals surface area contributed by atoms with E-state index in [0.717, 1.165) is 11.1 Å². The molecule has 3 rings (SSSR count). The summed E-state index contributed by atoms with van der Waals surface area (Å²) in [5, 5.41) is 0.445. The Bertz CT molecular complexity index is 1010. The summed E-state index contributed by atoms with van der Waals surface area (Å²) in [5.41, 5.74) is 2.38. The van der Waals surface area contributed by atoms with Crippen molar-refractivity contribution >= 4 is 59.7 Å². The van der Waals surface area contributed by atoms with Gasteiger partial charge in [0.2, 0.25) is 0 Å². The molecule has 3 aromatic carbocycles. The van der Waals surface area contributed by atoms with Crippen LogP contribution in [0.25, 0.3) is 0 Å². The van der Waals surface area contributed by atoms with E-state index in [0.29, 0.717) is 22.2 Å². The summed E-state index contributed by atoms with van der Waals surface area (Å²) in [6, 6.07) is 20.7. The monoisotopic (exact) mass is 580 g/mol. The van der Waals surface area contributed by atoms with Gasteiger partial charge >= 0.3 is 11.9 Å². The Labute approximate surface area is 193 Å². The lowest BCUT2D eigenvalue weighted by Crippen LogP contribution is -2.12. The highest BCUT2D eigenvalue weighted by Crippen LogP contribution is 2.40. The van der Waals surface area contributed by atoms with Gasteiger partial charge in [-0.2, -0.15) is 0 Å². The SMILES string of the molecule is O=C(Oc1cc(OC(=O)c2ccccc2)c(CBr)c(C(Br)Br)c1)c1ccccc1. The molecule has 4 nitrogen and oxygen atoms in total. The third-order valence-corrected chi connectivity index (χ3v) is 5.57. The van der Waals surface area contributed by atoms with E-state index < -0.39 is 11.9 Å². The predicted molar refractivity (Wildman–Crippen MR) is 122 cm³/mol. The number of alkyl halides is 3. The van der Waals surface area contributed by atoms with E-state index in [1.807, 2.05) is 12.1 Å². The minimum Gasteiger partial charge on any atom is -0.423 e. The molecule has 0 atom stereocenters. The van der Waals surface area contributed by atoms with Crippen LogP contribution in [-0.2, 0) is 5.33 Å². The van der Waals surface area contributed by atoms with Crippen molar-refractivity contribution in [2.45, 2.75) is 9.07 Å². The first-order chi connectivity index (χ1) is 14.0. The Morgan fingerprint density at radius 3 is 1.79 bits per heavy atom. The Hall–Kier alpha value is -1.96. The lowest BCUT2D eigenvalue weighted by atomic mass is 10.1. The molecule has 0 aromatic heterocycles. The first-order valence-corrected chi connectivity index (χ1v) is 11.5. The molecule has 3 aromatic rings. The standard InChI is InChI=1S/C22H15Br3O4/c23-13-18-17(20(24)25)11-16(28-21(26)14-7-3-1-4-8-14)12-19(18)29-22(27)15-9-5-2-6-10-15/h1-12,20H,13H2. The minimum atomic E-state index is -0.496. The lowest BCUT2D eigenvalue weighted by Gasteiger charge is -2.16. The number of esters is 2. The zero-order chi connectivity index (χ0) is 20.8. The summed E-state index contributed by atoms with van der Waals surface area (Å²) in [6.45, 7) is 0. The van der Waals surface area contributed by atoms with Gasteiger partial charge in [0.15, 0.2) is 0 Å². The first kappa shape index (κ1) is 21.7. The number of carbonyl (C=O) groups excluding carboxylic acids is 2. The summed E-state index contributed by atoms with van der Waals surface area (Å²) in [4.78, 5) is 25.0. The molecule has 7 heteroatoms. The van der Waals surface area contributed by atoms with Crippen LogP contribution in [0.5, 0.6) is 11.5 Å². The molecular weight excluding hydrogens is 568 g/mol. The molecule has 0 unspecified atom stereocenters. The Balaban J connectivity index is 1.95. The number of halogens is 3. The molecule has 29 heavy (non-hydrogen) atoms.